The Morgan fingerprint density at radius 1 is 1.50 bits per heavy atom. The normalized spacial score (nSPS) is 19.3. The average Bonchev–Trinajstić information content (AvgIpc) is 2.96. The van der Waals surface area contributed by atoms with Crippen LogP contribution in [0.2, 0.25) is 0 Å². The highest BCUT2D eigenvalue weighted by molar-refractivity contribution is 7.89. The van der Waals surface area contributed by atoms with Crippen molar-refractivity contribution < 1.29 is 18.1 Å². The van der Waals surface area contributed by atoms with Gasteiger partial charge in [-0.15, -0.1) is 0 Å². The summed E-state index contributed by atoms with van der Waals surface area (Å²) in [5.41, 5.74) is -0.463. The van der Waals surface area contributed by atoms with Crippen LogP contribution in [0.5, 0.6) is 5.75 Å². The van der Waals surface area contributed by atoms with E-state index in [0.29, 0.717) is 13.1 Å². The molecular weight excluding hydrogens is 310 g/mol. The second kappa shape index (κ2) is 6.59. The Balaban J connectivity index is 2.47. The monoisotopic (exact) mass is 329 g/mol. The van der Waals surface area contributed by atoms with Crippen LogP contribution in [0.4, 0.5) is 5.69 Å². The van der Waals surface area contributed by atoms with Gasteiger partial charge in [-0.3, -0.25) is 10.1 Å². The van der Waals surface area contributed by atoms with Crippen molar-refractivity contribution in [3.8, 4) is 5.75 Å². The topological polar surface area (TPSA) is 102 Å². The molecule has 2 rings (SSSR count). The molecule has 8 nitrogen and oxygen atoms in total. The summed E-state index contributed by atoms with van der Waals surface area (Å²) in [6.45, 7) is 0.890. The van der Waals surface area contributed by atoms with Crippen LogP contribution in [-0.4, -0.2) is 50.9 Å². The Morgan fingerprint density at radius 2 is 2.23 bits per heavy atom. The molecule has 0 amide bonds. The first-order chi connectivity index (χ1) is 10.4. The number of likely N-dealkylation sites (N-methyl/N-ethyl adjacent to an activating group) is 1. The van der Waals surface area contributed by atoms with Crippen molar-refractivity contribution in [1.29, 1.82) is 0 Å². The smallest absolute Gasteiger partial charge is 0.293 e. The Hall–Kier alpha value is -1.71. The van der Waals surface area contributed by atoms with Crippen LogP contribution in [-0.2, 0) is 10.0 Å². The second-order valence-electron chi connectivity index (χ2n) is 5.06. The summed E-state index contributed by atoms with van der Waals surface area (Å²) >= 11 is 0. The molecule has 122 valence electrons. The van der Waals surface area contributed by atoms with Gasteiger partial charge in [0.25, 0.3) is 5.69 Å². The zero-order chi connectivity index (χ0) is 16.3. The molecule has 0 bridgehead atoms. The maximum Gasteiger partial charge on any atom is 0.293 e. The lowest BCUT2D eigenvalue weighted by Gasteiger charge is -2.23. The van der Waals surface area contributed by atoms with Crippen LogP contribution >= 0.6 is 0 Å². The number of nitrogens with zero attached hydrogens (tertiary/aromatic N) is 2. The van der Waals surface area contributed by atoms with Gasteiger partial charge in [0, 0.05) is 19.1 Å². The molecule has 1 unspecified atom stereocenters. The number of hydrogen-bond acceptors (Lipinski definition) is 6. The molecule has 9 heteroatoms. The summed E-state index contributed by atoms with van der Waals surface area (Å²) < 4.78 is 31.9. The van der Waals surface area contributed by atoms with Gasteiger partial charge >= 0.3 is 0 Å². The van der Waals surface area contributed by atoms with E-state index in [1.54, 1.807) is 7.05 Å². The molecule has 1 fully saturated rings. The fraction of sp³-hybridized carbons (Fsp3) is 0.538. The zero-order valence-electron chi connectivity index (χ0n) is 12.5. The second-order valence-corrected chi connectivity index (χ2v) is 6.92. The third kappa shape index (κ3) is 3.06. The van der Waals surface area contributed by atoms with Crippen LogP contribution < -0.4 is 10.1 Å². The van der Waals surface area contributed by atoms with Gasteiger partial charge in [-0.1, -0.05) is 0 Å². The minimum atomic E-state index is -3.91. The number of nitrogens with one attached hydrogen (secondary N) is 1. The Morgan fingerprint density at radius 3 is 2.82 bits per heavy atom. The number of ether oxygens (including phenoxy) is 1. The van der Waals surface area contributed by atoms with E-state index in [4.69, 9.17) is 4.74 Å². The molecule has 1 aliphatic heterocycles. The van der Waals surface area contributed by atoms with Crippen LogP contribution in [0.1, 0.15) is 12.8 Å². The molecule has 1 N–H and O–H groups in total. The molecule has 0 aliphatic carbocycles. The van der Waals surface area contributed by atoms with E-state index >= 15 is 0 Å². The average molecular weight is 329 g/mol. The highest BCUT2D eigenvalue weighted by Crippen LogP contribution is 2.33. The first kappa shape index (κ1) is 16.7. The number of nitro groups is 1. The number of benzene rings is 1. The largest absolute Gasteiger partial charge is 0.497 e. The quantitative estimate of drug-likeness (QED) is 0.616. The lowest BCUT2D eigenvalue weighted by molar-refractivity contribution is -0.387. The molecule has 1 heterocycles. The van der Waals surface area contributed by atoms with Crippen LogP contribution in [0.15, 0.2) is 23.1 Å². The van der Waals surface area contributed by atoms with E-state index in [9.17, 15) is 18.5 Å². The summed E-state index contributed by atoms with van der Waals surface area (Å²) in [5.74, 6) is 0.249. The molecular formula is C13H19N3O5S. The van der Waals surface area contributed by atoms with Gasteiger partial charge in [-0.05, 0) is 32.0 Å². The van der Waals surface area contributed by atoms with Crippen LogP contribution in [0.3, 0.4) is 0 Å². The summed E-state index contributed by atoms with van der Waals surface area (Å²) in [7, 11) is -0.794. The van der Waals surface area contributed by atoms with E-state index < -0.39 is 20.6 Å². The standard InChI is InChI=1S/C13H19N3O5S/c1-14-9-10-4-3-7-15(10)22(19,20)13-6-5-11(21-2)8-12(13)16(17)18/h5-6,8,10,14H,3-4,7,9H2,1-2H3. The molecule has 1 aromatic carbocycles. The Kier molecular flexibility index (Phi) is 4.99. The number of hydrogen-bond donors (Lipinski definition) is 1. The van der Waals surface area contributed by atoms with E-state index in [2.05, 4.69) is 5.32 Å². The highest BCUT2D eigenvalue weighted by Gasteiger charge is 2.38. The third-order valence-electron chi connectivity index (χ3n) is 3.71. The van der Waals surface area contributed by atoms with E-state index in [-0.39, 0.29) is 16.7 Å². The molecule has 0 radical (unpaired) electrons. The molecule has 1 aromatic rings. The van der Waals surface area contributed by atoms with Crippen molar-refractivity contribution in [2.45, 2.75) is 23.8 Å². The number of nitro benzene ring substituents is 1. The lowest BCUT2D eigenvalue weighted by Crippen LogP contribution is -2.40. The Labute approximate surface area is 129 Å². The predicted octanol–water partition coefficient (Wildman–Crippen LogP) is 0.976. The van der Waals surface area contributed by atoms with Gasteiger partial charge < -0.3 is 10.1 Å². The molecule has 1 saturated heterocycles. The van der Waals surface area contributed by atoms with Gasteiger partial charge in [0.2, 0.25) is 10.0 Å². The summed E-state index contributed by atoms with van der Waals surface area (Å²) in [5, 5.41) is 14.2. The fourth-order valence-corrected chi connectivity index (χ4v) is 4.51. The van der Waals surface area contributed by atoms with Crippen molar-refractivity contribution in [2.75, 3.05) is 27.2 Å². The summed E-state index contributed by atoms with van der Waals surface area (Å²) in [4.78, 5) is 10.2. The summed E-state index contributed by atoms with van der Waals surface area (Å²) in [6, 6.07) is 3.61. The van der Waals surface area contributed by atoms with Crippen LogP contribution in [0.25, 0.3) is 0 Å². The SMILES string of the molecule is CNCC1CCCN1S(=O)(=O)c1ccc(OC)cc1[N+](=O)[O-]. The first-order valence-corrected chi connectivity index (χ1v) is 8.34. The predicted molar refractivity (Wildman–Crippen MR) is 80.5 cm³/mol. The van der Waals surface area contributed by atoms with Crippen LogP contribution in [0, 0.1) is 10.1 Å². The van der Waals surface area contributed by atoms with E-state index in [0.717, 1.165) is 18.9 Å². The van der Waals surface area contributed by atoms with Gasteiger partial charge in [0.15, 0.2) is 4.90 Å². The van der Waals surface area contributed by atoms with Crippen molar-refractivity contribution >= 4 is 15.7 Å². The lowest BCUT2D eigenvalue weighted by atomic mass is 10.2. The summed E-state index contributed by atoms with van der Waals surface area (Å²) in [6.07, 6.45) is 1.49. The van der Waals surface area contributed by atoms with E-state index in [1.165, 1.54) is 23.5 Å². The molecule has 22 heavy (non-hydrogen) atoms. The van der Waals surface area contributed by atoms with Crippen molar-refractivity contribution in [3.63, 3.8) is 0 Å². The molecule has 0 aromatic heterocycles. The fourth-order valence-electron chi connectivity index (χ4n) is 2.68. The van der Waals surface area contributed by atoms with Crippen molar-refractivity contribution in [1.82, 2.24) is 9.62 Å². The van der Waals surface area contributed by atoms with Gasteiger partial charge in [-0.2, -0.15) is 4.31 Å². The van der Waals surface area contributed by atoms with Gasteiger partial charge in [0.1, 0.15) is 5.75 Å². The molecule has 1 aliphatic rings. The van der Waals surface area contributed by atoms with Gasteiger partial charge in [-0.25, -0.2) is 8.42 Å². The molecule has 0 saturated carbocycles. The van der Waals surface area contributed by atoms with E-state index in [1.807, 2.05) is 0 Å². The third-order valence-corrected chi connectivity index (χ3v) is 5.71. The number of methoxy groups -OCH3 is 1. The molecule has 0 spiro atoms. The zero-order valence-corrected chi connectivity index (χ0v) is 13.3. The molecule has 1 atom stereocenters. The maximum absolute atomic E-state index is 12.8. The van der Waals surface area contributed by atoms with Crippen molar-refractivity contribution in [2.24, 2.45) is 0 Å². The Bertz CT molecular complexity index is 662. The van der Waals surface area contributed by atoms with Crippen molar-refractivity contribution in [3.05, 3.63) is 28.3 Å². The number of sulfonamides is 1. The first-order valence-electron chi connectivity index (χ1n) is 6.90. The minimum absolute atomic E-state index is 0.184. The van der Waals surface area contributed by atoms with Gasteiger partial charge in [0.05, 0.1) is 18.1 Å². The highest BCUT2D eigenvalue weighted by atomic mass is 32.2. The number of rotatable bonds is 6. The maximum atomic E-state index is 12.8. The minimum Gasteiger partial charge on any atom is -0.497 e.